The summed E-state index contributed by atoms with van der Waals surface area (Å²) in [7, 11) is 0. The minimum Gasteiger partial charge on any atom is -0.487 e. The van der Waals surface area contributed by atoms with Gasteiger partial charge in [0, 0.05) is 0 Å². The van der Waals surface area contributed by atoms with Gasteiger partial charge in [-0.15, -0.1) is 0 Å². The van der Waals surface area contributed by atoms with Gasteiger partial charge in [-0.3, -0.25) is 0 Å². The van der Waals surface area contributed by atoms with Crippen molar-refractivity contribution in [3.05, 3.63) is 97.9 Å². The van der Waals surface area contributed by atoms with Crippen molar-refractivity contribution in [1.29, 1.82) is 5.26 Å². The van der Waals surface area contributed by atoms with E-state index in [4.69, 9.17) is 4.74 Å². The Balaban J connectivity index is 1.85. The van der Waals surface area contributed by atoms with Crippen molar-refractivity contribution < 1.29 is 4.74 Å². The van der Waals surface area contributed by atoms with Crippen LogP contribution >= 0.6 is 31.9 Å². The van der Waals surface area contributed by atoms with E-state index in [1.165, 1.54) is 5.56 Å². The molecular weight excluding hydrogens is 466 g/mol. The van der Waals surface area contributed by atoms with Crippen LogP contribution in [0.4, 0.5) is 0 Å². The Labute approximate surface area is 176 Å². The second kappa shape index (κ2) is 9.03. The largest absolute Gasteiger partial charge is 0.487 e. The van der Waals surface area contributed by atoms with Crippen LogP contribution in [-0.4, -0.2) is 0 Å². The molecule has 0 aliphatic rings. The summed E-state index contributed by atoms with van der Waals surface area (Å²) in [6, 6.07) is 24.2. The highest BCUT2D eigenvalue weighted by atomic mass is 79.9. The third kappa shape index (κ3) is 5.09. The van der Waals surface area contributed by atoms with Gasteiger partial charge < -0.3 is 4.74 Å². The lowest BCUT2D eigenvalue weighted by atomic mass is 10.0. The molecule has 0 saturated carbocycles. The normalized spacial score (nSPS) is 11.1. The maximum Gasteiger partial charge on any atom is 0.148 e. The highest BCUT2D eigenvalue weighted by molar-refractivity contribution is 9.11. The van der Waals surface area contributed by atoms with Crippen LogP contribution in [0.1, 0.15) is 22.3 Å². The van der Waals surface area contributed by atoms with E-state index in [0.29, 0.717) is 12.2 Å². The molecule has 0 unspecified atom stereocenters. The summed E-state index contributed by atoms with van der Waals surface area (Å²) in [6.07, 6.45) is 1.88. The van der Waals surface area contributed by atoms with Gasteiger partial charge in [-0.25, -0.2) is 0 Å². The molecule has 0 radical (unpaired) electrons. The average Bonchev–Trinajstić information content (AvgIpc) is 2.67. The van der Waals surface area contributed by atoms with Gasteiger partial charge in [0.05, 0.1) is 20.6 Å². The maximum absolute atomic E-state index is 9.55. The molecule has 0 aromatic heterocycles. The molecule has 0 aliphatic heterocycles. The minimum absolute atomic E-state index is 0.486. The number of benzene rings is 3. The predicted octanol–water partition coefficient (Wildman–Crippen LogP) is 7.16. The van der Waals surface area contributed by atoms with Gasteiger partial charge in [0.25, 0.3) is 0 Å². The summed E-state index contributed by atoms with van der Waals surface area (Å²) in [5.41, 5.74) is 4.71. The highest BCUT2D eigenvalue weighted by Crippen LogP contribution is 2.36. The molecule has 134 valence electrons. The van der Waals surface area contributed by atoms with E-state index in [0.717, 1.165) is 31.4 Å². The topological polar surface area (TPSA) is 33.0 Å². The molecule has 3 aromatic carbocycles. The Morgan fingerprint density at radius 2 is 1.63 bits per heavy atom. The van der Waals surface area contributed by atoms with E-state index >= 15 is 0 Å². The molecule has 0 bridgehead atoms. The molecule has 0 heterocycles. The van der Waals surface area contributed by atoms with Crippen LogP contribution in [0.3, 0.4) is 0 Å². The molecule has 3 rings (SSSR count). The first-order chi connectivity index (χ1) is 13.1. The predicted molar refractivity (Wildman–Crippen MR) is 117 cm³/mol. The van der Waals surface area contributed by atoms with Crippen molar-refractivity contribution in [3.8, 4) is 11.8 Å². The zero-order chi connectivity index (χ0) is 19.2. The molecule has 0 spiro atoms. The molecule has 27 heavy (non-hydrogen) atoms. The van der Waals surface area contributed by atoms with E-state index in [2.05, 4.69) is 37.9 Å². The number of nitriles is 1. The van der Waals surface area contributed by atoms with Gasteiger partial charge >= 0.3 is 0 Å². The maximum atomic E-state index is 9.55. The van der Waals surface area contributed by atoms with Gasteiger partial charge in [-0.2, -0.15) is 5.26 Å². The second-order valence-corrected chi connectivity index (χ2v) is 7.83. The van der Waals surface area contributed by atoms with E-state index in [1.54, 1.807) is 0 Å². The minimum atomic E-state index is 0.486. The van der Waals surface area contributed by atoms with Crippen LogP contribution in [0.15, 0.2) is 75.7 Å². The summed E-state index contributed by atoms with van der Waals surface area (Å²) in [6.45, 7) is 2.52. The van der Waals surface area contributed by atoms with Crippen molar-refractivity contribution in [3.63, 3.8) is 0 Å². The van der Waals surface area contributed by atoms with Gasteiger partial charge in [0.1, 0.15) is 12.4 Å². The number of allylic oxidation sites excluding steroid dienone is 1. The fourth-order valence-corrected chi connectivity index (χ4v) is 4.06. The van der Waals surface area contributed by atoms with Gasteiger partial charge in [-0.05, 0) is 73.7 Å². The van der Waals surface area contributed by atoms with Crippen molar-refractivity contribution in [2.75, 3.05) is 0 Å². The molecule has 4 heteroatoms. The smallest absolute Gasteiger partial charge is 0.148 e. The first-order valence-corrected chi connectivity index (χ1v) is 10.00. The van der Waals surface area contributed by atoms with Gasteiger partial charge in [0.15, 0.2) is 0 Å². The summed E-state index contributed by atoms with van der Waals surface area (Å²) in [5, 5.41) is 9.55. The molecular formula is C23H17Br2NO. The highest BCUT2D eigenvalue weighted by Gasteiger charge is 2.10. The number of hydrogen-bond acceptors (Lipinski definition) is 2. The van der Waals surface area contributed by atoms with E-state index in [-0.39, 0.29) is 0 Å². The number of halogens is 2. The molecule has 3 aromatic rings. The van der Waals surface area contributed by atoms with E-state index in [1.807, 2.05) is 79.7 Å². The number of rotatable bonds is 5. The third-order valence-electron chi connectivity index (χ3n) is 4.04. The first-order valence-electron chi connectivity index (χ1n) is 8.41. The van der Waals surface area contributed by atoms with Gasteiger partial charge in [0.2, 0.25) is 0 Å². The van der Waals surface area contributed by atoms with Crippen LogP contribution in [-0.2, 0) is 6.61 Å². The summed E-state index contributed by atoms with van der Waals surface area (Å²) in [5.74, 6) is 0.741. The average molecular weight is 483 g/mol. The number of nitrogens with zero attached hydrogens (tertiary/aromatic N) is 1. The quantitative estimate of drug-likeness (QED) is 0.285. The number of hydrogen-bond donors (Lipinski definition) is 0. The molecule has 0 amide bonds. The molecule has 0 fully saturated rings. The second-order valence-electron chi connectivity index (χ2n) is 6.12. The van der Waals surface area contributed by atoms with Crippen molar-refractivity contribution in [2.24, 2.45) is 0 Å². The molecule has 0 aliphatic carbocycles. The van der Waals surface area contributed by atoms with Crippen LogP contribution in [0.2, 0.25) is 0 Å². The molecule has 0 N–H and O–H groups in total. The number of aryl methyl sites for hydroxylation is 1. The molecule has 0 atom stereocenters. The third-order valence-corrected chi connectivity index (χ3v) is 5.22. The lowest BCUT2D eigenvalue weighted by Crippen LogP contribution is -1.97. The Bertz CT molecular complexity index is 980. The lowest BCUT2D eigenvalue weighted by Gasteiger charge is -2.12. The van der Waals surface area contributed by atoms with Crippen molar-refractivity contribution in [1.82, 2.24) is 0 Å². The van der Waals surface area contributed by atoms with Gasteiger partial charge in [-0.1, -0.05) is 60.2 Å². The Kier molecular flexibility index (Phi) is 6.49. The zero-order valence-electron chi connectivity index (χ0n) is 14.7. The van der Waals surface area contributed by atoms with Crippen molar-refractivity contribution >= 4 is 43.5 Å². The standard InChI is InChI=1S/C23H17Br2NO/c1-16-7-9-19(10-8-16)20(14-26)11-18-12-21(24)23(22(25)13-18)27-15-17-5-3-2-4-6-17/h2-13H,15H2,1H3/b20-11-. The van der Waals surface area contributed by atoms with Crippen LogP contribution in [0.5, 0.6) is 5.75 Å². The number of ether oxygens (including phenoxy) is 1. The Hall–Kier alpha value is -2.35. The zero-order valence-corrected chi connectivity index (χ0v) is 17.9. The lowest BCUT2D eigenvalue weighted by molar-refractivity contribution is 0.302. The first kappa shape index (κ1) is 19.4. The molecule has 0 saturated heterocycles. The monoisotopic (exact) mass is 481 g/mol. The van der Waals surface area contributed by atoms with Crippen LogP contribution in [0.25, 0.3) is 11.6 Å². The van der Waals surface area contributed by atoms with Crippen LogP contribution in [0, 0.1) is 18.3 Å². The van der Waals surface area contributed by atoms with E-state index in [9.17, 15) is 5.26 Å². The van der Waals surface area contributed by atoms with Crippen molar-refractivity contribution in [2.45, 2.75) is 13.5 Å². The fraction of sp³-hybridized carbons (Fsp3) is 0.0870. The fourth-order valence-electron chi connectivity index (χ4n) is 2.61. The molecule has 2 nitrogen and oxygen atoms in total. The Morgan fingerprint density at radius 1 is 1.00 bits per heavy atom. The van der Waals surface area contributed by atoms with Crippen LogP contribution < -0.4 is 4.74 Å². The Morgan fingerprint density at radius 3 is 2.22 bits per heavy atom. The van der Waals surface area contributed by atoms with E-state index < -0.39 is 0 Å². The summed E-state index contributed by atoms with van der Waals surface area (Å²) >= 11 is 7.16. The SMILES string of the molecule is Cc1ccc(/C(C#N)=C\c2cc(Br)c(OCc3ccccc3)c(Br)c2)cc1. The summed E-state index contributed by atoms with van der Waals surface area (Å²) in [4.78, 5) is 0. The summed E-state index contributed by atoms with van der Waals surface area (Å²) < 4.78 is 7.63.